The van der Waals surface area contributed by atoms with E-state index in [1.165, 1.54) is 0 Å². The van der Waals surface area contributed by atoms with Gasteiger partial charge in [-0.05, 0) is 40.7 Å². The van der Waals surface area contributed by atoms with Gasteiger partial charge in [-0.15, -0.1) is 0 Å². The maximum Gasteiger partial charge on any atom is 0.277 e. The van der Waals surface area contributed by atoms with Gasteiger partial charge in [-0.1, -0.05) is 47.6 Å². The fourth-order valence-electron chi connectivity index (χ4n) is 3.09. The van der Waals surface area contributed by atoms with Crippen LogP contribution >= 0.6 is 0 Å². The lowest BCUT2D eigenvalue weighted by Gasteiger charge is -2.27. The Bertz CT molecular complexity index is 916. The molecule has 0 aliphatic heterocycles. The molecule has 0 atom stereocenters. The van der Waals surface area contributed by atoms with Gasteiger partial charge < -0.3 is 14.7 Å². The van der Waals surface area contributed by atoms with E-state index >= 15 is 0 Å². The van der Waals surface area contributed by atoms with E-state index in [1.54, 1.807) is 6.21 Å². The van der Waals surface area contributed by atoms with Gasteiger partial charge >= 0.3 is 0 Å². The Morgan fingerprint density at radius 2 is 1.65 bits per heavy atom. The zero-order valence-corrected chi connectivity index (χ0v) is 19.9. The van der Waals surface area contributed by atoms with Gasteiger partial charge in [0.05, 0.1) is 6.21 Å². The normalized spacial score (nSPS) is 12.1. The zero-order valence-electron chi connectivity index (χ0n) is 19.9. The van der Waals surface area contributed by atoms with Crippen LogP contribution in [0.5, 0.6) is 11.5 Å². The lowest BCUT2D eigenvalue weighted by Crippen LogP contribution is -2.24. The van der Waals surface area contributed by atoms with Gasteiger partial charge in [0, 0.05) is 37.0 Å². The van der Waals surface area contributed by atoms with Crippen molar-refractivity contribution in [3.63, 3.8) is 0 Å². The number of aromatic hydroxyl groups is 1. The van der Waals surface area contributed by atoms with Crippen molar-refractivity contribution in [3.05, 3.63) is 53.1 Å². The number of amides is 1. The first-order valence-corrected chi connectivity index (χ1v) is 10.4. The summed E-state index contributed by atoms with van der Waals surface area (Å²) in [4.78, 5) is 14.1. The Balaban J connectivity index is 2.10. The van der Waals surface area contributed by atoms with Crippen molar-refractivity contribution < 1.29 is 14.6 Å². The third-order valence-electron chi connectivity index (χ3n) is 4.86. The Kier molecular flexibility index (Phi) is 7.37. The van der Waals surface area contributed by atoms with Crippen LogP contribution in [-0.4, -0.2) is 37.9 Å². The van der Waals surface area contributed by atoms with Crippen LogP contribution in [0.15, 0.2) is 41.5 Å². The van der Waals surface area contributed by atoms with Crippen LogP contribution in [0.3, 0.4) is 0 Å². The number of nitrogens with one attached hydrogen (secondary N) is 1. The van der Waals surface area contributed by atoms with Gasteiger partial charge in [-0.25, -0.2) is 5.43 Å². The number of phenolic OH excluding ortho intramolecular Hbond substituents is 1. The molecule has 6 nitrogen and oxygen atoms in total. The summed E-state index contributed by atoms with van der Waals surface area (Å²) < 4.78 is 5.56. The molecular formula is C25H35N3O3. The Hall–Kier alpha value is -3.02. The third kappa shape index (κ3) is 6.74. The second-order valence-corrected chi connectivity index (χ2v) is 9.94. The molecule has 0 saturated heterocycles. The van der Waals surface area contributed by atoms with Crippen LogP contribution in [0, 0.1) is 0 Å². The van der Waals surface area contributed by atoms with Crippen molar-refractivity contribution in [2.24, 2.45) is 5.10 Å². The molecule has 0 saturated carbocycles. The number of carbonyl (C=O) groups excluding carboxylic acids is 1. The molecule has 2 aromatic rings. The standard InChI is InChI=1S/C25H35N3O3/c1-24(2,3)20-12-17(13-21(23(20)30)25(4,5)6)15-26-27-22(29)16-31-19-11-9-10-18(14-19)28(7)8/h9-15,30H,16H2,1-8H3,(H,27,29)/b26-15+. The van der Waals surface area contributed by atoms with Crippen LogP contribution in [0.1, 0.15) is 58.2 Å². The molecule has 0 aliphatic carbocycles. The molecule has 0 spiro atoms. The van der Waals surface area contributed by atoms with E-state index in [2.05, 4.69) is 52.1 Å². The van der Waals surface area contributed by atoms with Gasteiger partial charge in [-0.3, -0.25) is 4.79 Å². The number of phenols is 1. The Labute approximate surface area is 185 Å². The number of rotatable bonds is 6. The smallest absolute Gasteiger partial charge is 0.277 e. The van der Waals surface area contributed by atoms with E-state index in [0.717, 1.165) is 22.4 Å². The van der Waals surface area contributed by atoms with Crippen LogP contribution < -0.4 is 15.1 Å². The van der Waals surface area contributed by atoms with Crippen LogP contribution in [0.4, 0.5) is 5.69 Å². The summed E-state index contributed by atoms with van der Waals surface area (Å²) in [5, 5.41) is 14.9. The minimum absolute atomic E-state index is 0.135. The third-order valence-corrected chi connectivity index (χ3v) is 4.86. The number of nitrogens with zero attached hydrogens (tertiary/aromatic N) is 2. The monoisotopic (exact) mass is 425 g/mol. The molecule has 0 heterocycles. The number of hydrazone groups is 1. The molecule has 0 aromatic heterocycles. The summed E-state index contributed by atoms with van der Waals surface area (Å²) in [6.45, 7) is 12.2. The average Bonchev–Trinajstić information content (AvgIpc) is 2.65. The largest absolute Gasteiger partial charge is 0.507 e. The van der Waals surface area contributed by atoms with Gasteiger partial charge in [0.25, 0.3) is 5.91 Å². The van der Waals surface area contributed by atoms with Crippen molar-refractivity contribution >= 4 is 17.8 Å². The van der Waals surface area contributed by atoms with Crippen LogP contribution in [0.2, 0.25) is 0 Å². The molecule has 2 rings (SSSR count). The summed E-state index contributed by atoms with van der Waals surface area (Å²) in [7, 11) is 3.89. The minimum atomic E-state index is -0.350. The van der Waals surface area contributed by atoms with Crippen molar-refractivity contribution in [2.75, 3.05) is 25.6 Å². The number of carbonyl (C=O) groups is 1. The van der Waals surface area contributed by atoms with E-state index < -0.39 is 0 Å². The van der Waals surface area contributed by atoms with E-state index in [0.29, 0.717) is 11.5 Å². The molecule has 6 heteroatoms. The number of hydrogen-bond acceptors (Lipinski definition) is 5. The van der Waals surface area contributed by atoms with Crippen LogP contribution in [-0.2, 0) is 15.6 Å². The highest BCUT2D eigenvalue weighted by molar-refractivity contribution is 5.84. The summed E-state index contributed by atoms with van der Waals surface area (Å²) in [6.07, 6.45) is 1.59. The van der Waals surface area contributed by atoms with Gasteiger partial charge in [0.2, 0.25) is 0 Å². The molecular weight excluding hydrogens is 390 g/mol. The first kappa shape index (κ1) is 24.3. The molecule has 0 unspecified atom stereocenters. The highest BCUT2D eigenvalue weighted by Gasteiger charge is 2.26. The van der Waals surface area contributed by atoms with E-state index in [9.17, 15) is 9.90 Å². The number of ether oxygens (including phenoxy) is 1. The molecule has 2 aromatic carbocycles. The average molecular weight is 426 g/mol. The first-order valence-electron chi connectivity index (χ1n) is 10.4. The quantitative estimate of drug-likeness (QED) is 0.525. The molecule has 1 amide bonds. The zero-order chi connectivity index (χ0) is 23.4. The molecule has 0 bridgehead atoms. The summed E-state index contributed by atoms with van der Waals surface area (Å²) in [5.74, 6) is 0.584. The molecule has 0 aliphatic rings. The Morgan fingerprint density at radius 1 is 1.06 bits per heavy atom. The summed E-state index contributed by atoms with van der Waals surface area (Å²) >= 11 is 0. The van der Waals surface area contributed by atoms with Gasteiger partial charge in [-0.2, -0.15) is 5.10 Å². The number of hydrogen-bond donors (Lipinski definition) is 2. The summed E-state index contributed by atoms with van der Waals surface area (Å²) in [5.41, 5.74) is 5.54. The fourth-order valence-corrected chi connectivity index (χ4v) is 3.09. The predicted octanol–water partition coefficient (Wildman–Crippen LogP) is 4.58. The summed E-state index contributed by atoms with van der Waals surface area (Å²) in [6, 6.07) is 11.3. The number of benzene rings is 2. The fraction of sp³-hybridized carbons (Fsp3) is 0.440. The highest BCUT2D eigenvalue weighted by Crippen LogP contribution is 2.39. The molecule has 168 valence electrons. The second kappa shape index (κ2) is 9.41. The van der Waals surface area contributed by atoms with Gasteiger partial charge in [0.1, 0.15) is 11.5 Å². The van der Waals surface area contributed by atoms with E-state index in [1.807, 2.05) is 55.4 Å². The lowest BCUT2D eigenvalue weighted by atomic mass is 9.78. The minimum Gasteiger partial charge on any atom is -0.507 e. The Morgan fingerprint density at radius 3 is 2.16 bits per heavy atom. The highest BCUT2D eigenvalue weighted by atomic mass is 16.5. The van der Waals surface area contributed by atoms with Gasteiger partial charge in [0.15, 0.2) is 6.61 Å². The van der Waals surface area contributed by atoms with Crippen molar-refractivity contribution in [1.29, 1.82) is 0 Å². The molecule has 0 radical (unpaired) electrons. The molecule has 0 fully saturated rings. The van der Waals surface area contributed by atoms with Crippen molar-refractivity contribution in [3.8, 4) is 11.5 Å². The van der Waals surface area contributed by atoms with E-state index in [4.69, 9.17) is 4.74 Å². The second-order valence-electron chi connectivity index (χ2n) is 9.94. The SMILES string of the molecule is CN(C)c1cccc(OCC(=O)N/N=C/c2cc(C(C)(C)C)c(O)c(C(C)(C)C)c2)c1. The van der Waals surface area contributed by atoms with Crippen LogP contribution in [0.25, 0.3) is 0 Å². The maximum absolute atomic E-state index is 12.1. The number of anilines is 1. The first-order chi connectivity index (χ1) is 14.3. The van der Waals surface area contributed by atoms with E-state index in [-0.39, 0.29) is 23.3 Å². The molecule has 2 N–H and O–H groups in total. The molecule has 31 heavy (non-hydrogen) atoms. The van der Waals surface area contributed by atoms with Crippen molar-refractivity contribution in [2.45, 2.75) is 52.4 Å². The van der Waals surface area contributed by atoms with Crippen molar-refractivity contribution in [1.82, 2.24) is 5.43 Å². The lowest BCUT2D eigenvalue weighted by molar-refractivity contribution is -0.123. The maximum atomic E-state index is 12.1. The predicted molar refractivity (Wildman–Crippen MR) is 128 cm³/mol. The topological polar surface area (TPSA) is 74.2 Å².